The van der Waals surface area contributed by atoms with Gasteiger partial charge in [0.25, 0.3) is 0 Å². The summed E-state index contributed by atoms with van der Waals surface area (Å²) in [7, 11) is 0. The molecule has 0 atom stereocenters. The van der Waals surface area contributed by atoms with Crippen molar-refractivity contribution in [2.75, 3.05) is 17.2 Å². The van der Waals surface area contributed by atoms with Crippen molar-refractivity contribution >= 4 is 33.3 Å². The summed E-state index contributed by atoms with van der Waals surface area (Å²) in [5.41, 5.74) is 0.530. The molecule has 0 aromatic carbocycles. The van der Waals surface area contributed by atoms with Gasteiger partial charge < -0.3 is 10.6 Å². The van der Waals surface area contributed by atoms with E-state index in [-0.39, 0.29) is 11.3 Å². The smallest absolute Gasteiger partial charge is 0.232 e. The van der Waals surface area contributed by atoms with E-state index in [1.807, 2.05) is 6.07 Å². The SMILES string of the molecule is O=C1Nc2cc(Br)cnc2NCC12CCCCC2. The number of rotatable bonds is 0. The first-order valence-corrected chi connectivity index (χ1v) is 7.20. The fraction of sp³-hybridized carbons (Fsp3) is 0.538. The number of amides is 1. The van der Waals surface area contributed by atoms with E-state index in [0.717, 1.165) is 41.7 Å². The van der Waals surface area contributed by atoms with Crippen LogP contribution in [0.2, 0.25) is 0 Å². The van der Waals surface area contributed by atoms with Crippen molar-refractivity contribution in [3.63, 3.8) is 0 Å². The maximum absolute atomic E-state index is 12.5. The van der Waals surface area contributed by atoms with Crippen LogP contribution in [0.25, 0.3) is 0 Å². The summed E-state index contributed by atoms with van der Waals surface area (Å²) in [6, 6.07) is 1.90. The van der Waals surface area contributed by atoms with Crippen LogP contribution < -0.4 is 10.6 Å². The number of hydrogen-bond donors (Lipinski definition) is 2. The van der Waals surface area contributed by atoms with Crippen LogP contribution >= 0.6 is 15.9 Å². The van der Waals surface area contributed by atoms with Gasteiger partial charge in [-0.2, -0.15) is 0 Å². The first-order chi connectivity index (χ1) is 8.70. The second-order valence-corrected chi connectivity index (χ2v) is 6.11. The number of pyridine rings is 1. The third-order valence-electron chi connectivity index (χ3n) is 3.99. The number of hydrogen-bond acceptors (Lipinski definition) is 3. The first-order valence-electron chi connectivity index (χ1n) is 6.41. The molecule has 0 radical (unpaired) electrons. The Labute approximate surface area is 115 Å². The summed E-state index contributed by atoms with van der Waals surface area (Å²) >= 11 is 3.38. The molecule has 96 valence electrons. The van der Waals surface area contributed by atoms with E-state index in [1.165, 1.54) is 6.42 Å². The van der Waals surface area contributed by atoms with Gasteiger partial charge in [-0.25, -0.2) is 4.98 Å². The molecule has 0 bridgehead atoms. The monoisotopic (exact) mass is 309 g/mol. The predicted molar refractivity (Wildman–Crippen MR) is 74.6 cm³/mol. The van der Waals surface area contributed by atoms with E-state index in [1.54, 1.807) is 6.20 Å². The molecule has 2 N–H and O–H groups in total. The number of anilines is 2. The normalized spacial score (nSPS) is 21.7. The van der Waals surface area contributed by atoms with Crippen LogP contribution in [-0.4, -0.2) is 17.4 Å². The third kappa shape index (κ3) is 2.00. The molecule has 18 heavy (non-hydrogen) atoms. The maximum Gasteiger partial charge on any atom is 0.232 e. The van der Waals surface area contributed by atoms with Crippen LogP contribution in [0, 0.1) is 5.41 Å². The molecule has 1 saturated carbocycles. The zero-order chi connectivity index (χ0) is 12.6. The summed E-state index contributed by atoms with van der Waals surface area (Å²) in [6.45, 7) is 0.695. The average molecular weight is 310 g/mol. The molecule has 1 aliphatic heterocycles. The minimum Gasteiger partial charge on any atom is -0.367 e. The highest BCUT2D eigenvalue weighted by Crippen LogP contribution is 2.40. The highest BCUT2D eigenvalue weighted by Gasteiger charge is 2.41. The number of aromatic nitrogens is 1. The van der Waals surface area contributed by atoms with Gasteiger partial charge in [-0.1, -0.05) is 19.3 Å². The van der Waals surface area contributed by atoms with Gasteiger partial charge in [0.05, 0.1) is 11.1 Å². The van der Waals surface area contributed by atoms with Crippen LogP contribution in [0.15, 0.2) is 16.7 Å². The van der Waals surface area contributed by atoms with Gasteiger partial charge in [0, 0.05) is 17.2 Å². The van der Waals surface area contributed by atoms with E-state index in [0.29, 0.717) is 6.54 Å². The Bertz CT molecular complexity index is 483. The van der Waals surface area contributed by atoms with E-state index < -0.39 is 0 Å². The van der Waals surface area contributed by atoms with Crippen LogP contribution in [0.5, 0.6) is 0 Å². The summed E-state index contributed by atoms with van der Waals surface area (Å²) in [6.07, 6.45) is 7.22. The summed E-state index contributed by atoms with van der Waals surface area (Å²) < 4.78 is 0.878. The maximum atomic E-state index is 12.5. The Balaban J connectivity index is 1.92. The molecule has 2 aliphatic rings. The van der Waals surface area contributed by atoms with Crippen molar-refractivity contribution in [1.29, 1.82) is 0 Å². The molecule has 1 aromatic heterocycles. The third-order valence-corrected chi connectivity index (χ3v) is 4.42. The fourth-order valence-corrected chi connectivity index (χ4v) is 3.23. The van der Waals surface area contributed by atoms with Crippen LogP contribution in [0.4, 0.5) is 11.5 Å². The lowest BCUT2D eigenvalue weighted by Gasteiger charge is -2.34. The van der Waals surface area contributed by atoms with Crippen LogP contribution in [0.1, 0.15) is 32.1 Å². The van der Waals surface area contributed by atoms with Gasteiger partial charge in [-0.15, -0.1) is 0 Å². The molecule has 1 spiro atoms. The standard InChI is InChI=1S/C13H16BrN3O/c14-9-6-10-11(15-7-9)16-8-13(12(18)17-10)4-2-1-3-5-13/h6-7H,1-5,8H2,(H,15,16)(H,17,18). The van der Waals surface area contributed by atoms with Crippen LogP contribution in [0.3, 0.4) is 0 Å². The van der Waals surface area contributed by atoms with Gasteiger partial charge in [-0.3, -0.25) is 4.79 Å². The van der Waals surface area contributed by atoms with E-state index >= 15 is 0 Å². The minimum atomic E-state index is -0.245. The topological polar surface area (TPSA) is 54.0 Å². The Kier molecular flexibility index (Phi) is 3.01. The number of carbonyl (C=O) groups is 1. The first kappa shape index (κ1) is 12.0. The molecular weight excluding hydrogens is 294 g/mol. The summed E-state index contributed by atoms with van der Waals surface area (Å²) in [5.74, 6) is 0.919. The molecule has 1 fully saturated rings. The highest BCUT2D eigenvalue weighted by atomic mass is 79.9. The van der Waals surface area contributed by atoms with E-state index in [9.17, 15) is 4.79 Å². The molecule has 1 amide bonds. The lowest BCUT2D eigenvalue weighted by Crippen LogP contribution is -2.41. The van der Waals surface area contributed by atoms with Gasteiger partial charge in [-0.05, 0) is 34.8 Å². The Morgan fingerprint density at radius 3 is 2.83 bits per heavy atom. The van der Waals surface area contributed by atoms with Crippen molar-refractivity contribution in [1.82, 2.24) is 4.98 Å². The highest BCUT2D eigenvalue weighted by molar-refractivity contribution is 9.10. The lowest BCUT2D eigenvalue weighted by atomic mass is 9.73. The number of carbonyl (C=O) groups excluding carboxylic acids is 1. The number of fused-ring (bicyclic) bond motifs is 1. The predicted octanol–water partition coefficient (Wildman–Crippen LogP) is 3.16. The molecule has 5 heteroatoms. The van der Waals surface area contributed by atoms with Crippen molar-refractivity contribution < 1.29 is 4.79 Å². The number of halogens is 1. The van der Waals surface area contributed by atoms with Crippen molar-refractivity contribution in [2.24, 2.45) is 5.41 Å². The summed E-state index contributed by atoms with van der Waals surface area (Å²) in [5, 5.41) is 6.36. The molecule has 1 aliphatic carbocycles. The fourth-order valence-electron chi connectivity index (χ4n) is 2.90. The van der Waals surface area contributed by atoms with Crippen LogP contribution in [-0.2, 0) is 4.79 Å². The molecule has 0 unspecified atom stereocenters. The molecule has 3 rings (SSSR count). The summed E-state index contributed by atoms with van der Waals surface area (Å²) in [4.78, 5) is 16.8. The molecule has 0 saturated heterocycles. The Hall–Kier alpha value is -1.10. The van der Waals surface area contributed by atoms with Crippen molar-refractivity contribution in [3.8, 4) is 0 Å². The Morgan fingerprint density at radius 1 is 1.28 bits per heavy atom. The average Bonchev–Trinajstić information content (AvgIpc) is 2.50. The van der Waals surface area contributed by atoms with Gasteiger partial charge in [0.1, 0.15) is 5.82 Å². The van der Waals surface area contributed by atoms with E-state index in [2.05, 4.69) is 31.5 Å². The zero-order valence-corrected chi connectivity index (χ0v) is 11.7. The number of nitrogens with one attached hydrogen (secondary N) is 2. The van der Waals surface area contributed by atoms with Gasteiger partial charge in [0.15, 0.2) is 0 Å². The molecular formula is C13H16BrN3O. The molecule has 2 heterocycles. The van der Waals surface area contributed by atoms with E-state index in [4.69, 9.17) is 0 Å². The molecule has 1 aromatic rings. The van der Waals surface area contributed by atoms with Crippen molar-refractivity contribution in [3.05, 3.63) is 16.7 Å². The van der Waals surface area contributed by atoms with Gasteiger partial charge in [0.2, 0.25) is 5.91 Å². The zero-order valence-electron chi connectivity index (χ0n) is 10.1. The number of nitrogens with zero attached hydrogens (tertiary/aromatic N) is 1. The van der Waals surface area contributed by atoms with Crippen molar-refractivity contribution in [2.45, 2.75) is 32.1 Å². The second kappa shape index (κ2) is 4.53. The van der Waals surface area contributed by atoms with Gasteiger partial charge >= 0.3 is 0 Å². The largest absolute Gasteiger partial charge is 0.367 e. The second-order valence-electron chi connectivity index (χ2n) is 5.20. The lowest BCUT2D eigenvalue weighted by molar-refractivity contribution is -0.126. The minimum absolute atomic E-state index is 0.147. The molecule has 4 nitrogen and oxygen atoms in total. The quantitative estimate of drug-likeness (QED) is 0.774. The Morgan fingerprint density at radius 2 is 2.06 bits per heavy atom.